The quantitative estimate of drug-likeness (QED) is 0.868. The van der Waals surface area contributed by atoms with Crippen LogP contribution in [0.5, 0.6) is 5.75 Å². The zero-order valence-electron chi connectivity index (χ0n) is 12.2. The molecule has 20 heavy (non-hydrogen) atoms. The van der Waals surface area contributed by atoms with Crippen LogP contribution < -0.4 is 10.1 Å². The molecule has 0 heterocycles. The minimum absolute atomic E-state index is 0.187. The molecule has 0 aliphatic carbocycles. The maximum Gasteiger partial charge on any atom is 0.142 e. The molecule has 0 amide bonds. The lowest BCUT2D eigenvalue weighted by Gasteiger charge is -2.14. The van der Waals surface area contributed by atoms with Crippen molar-refractivity contribution in [1.82, 2.24) is 0 Å². The van der Waals surface area contributed by atoms with E-state index in [-0.39, 0.29) is 5.82 Å². The van der Waals surface area contributed by atoms with E-state index in [0.29, 0.717) is 18.7 Å². The van der Waals surface area contributed by atoms with Crippen LogP contribution >= 0.6 is 0 Å². The molecule has 0 saturated carbocycles. The number of rotatable bonds is 5. The second-order valence-corrected chi connectivity index (χ2v) is 4.88. The molecular weight excluding hydrogens is 253 g/mol. The van der Waals surface area contributed by atoms with E-state index in [0.717, 1.165) is 22.6 Å². The Bertz CT molecular complexity index is 596. The van der Waals surface area contributed by atoms with E-state index >= 15 is 0 Å². The van der Waals surface area contributed by atoms with Gasteiger partial charge in [0.1, 0.15) is 11.6 Å². The molecule has 0 spiro atoms. The Morgan fingerprint density at radius 1 is 1.05 bits per heavy atom. The molecule has 0 aliphatic rings. The number of nitrogens with one attached hydrogen (secondary N) is 1. The Balaban J connectivity index is 2.16. The summed E-state index contributed by atoms with van der Waals surface area (Å²) in [6.45, 7) is 6.98. The maximum atomic E-state index is 13.7. The van der Waals surface area contributed by atoms with E-state index in [4.69, 9.17) is 4.74 Å². The van der Waals surface area contributed by atoms with Crippen LogP contribution in [0.1, 0.15) is 23.6 Å². The van der Waals surface area contributed by atoms with Gasteiger partial charge in [0.05, 0.1) is 12.3 Å². The molecule has 0 saturated heterocycles. The van der Waals surface area contributed by atoms with Gasteiger partial charge in [-0.3, -0.25) is 0 Å². The van der Waals surface area contributed by atoms with Crippen LogP contribution in [-0.2, 0) is 6.54 Å². The SMILES string of the molecule is CCOc1cc(C)ccc1NCc1cc(C)ccc1F. The number of hydrogen-bond donors (Lipinski definition) is 1. The molecule has 0 aliphatic heterocycles. The number of aryl methyl sites for hydroxylation is 2. The molecule has 2 aromatic carbocycles. The summed E-state index contributed by atoms with van der Waals surface area (Å²) in [6.07, 6.45) is 0. The predicted octanol–water partition coefficient (Wildman–Crippen LogP) is 4.45. The van der Waals surface area contributed by atoms with Crippen molar-refractivity contribution in [1.29, 1.82) is 0 Å². The maximum absolute atomic E-state index is 13.7. The third-order valence-corrected chi connectivity index (χ3v) is 3.11. The number of anilines is 1. The van der Waals surface area contributed by atoms with Gasteiger partial charge in [0.2, 0.25) is 0 Å². The van der Waals surface area contributed by atoms with E-state index in [9.17, 15) is 4.39 Å². The Morgan fingerprint density at radius 3 is 2.50 bits per heavy atom. The minimum Gasteiger partial charge on any atom is -0.492 e. The van der Waals surface area contributed by atoms with Crippen molar-refractivity contribution >= 4 is 5.69 Å². The molecule has 0 fully saturated rings. The summed E-state index contributed by atoms with van der Waals surface area (Å²) in [5.74, 6) is 0.619. The van der Waals surface area contributed by atoms with Crippen molar-refractivity contribution < 1.29 is 9.13 Å². The number of benzene rings is 2. The average molecular weight is 273 g/mol. The first kappa shape index (κ1) is 14.4. The normalized spacial score (nSPS) is 10.4. The van der Waals surface area contributed by atoms with E-state index in [2.05, 4.69) is 5.32 Å². The lowest BCUT2D eigenvalue weighted by atomic mass is 10.1. The topological polar surface area (TPSA) is 21.3 Å². The largest absolute Gasteiger partial charge is 0.492 e. The van der Waals surface area contributed by atoms with Gasteiger partial charge in [-0.15, -0.1) is 0 Å². The standard InChI is InChI=1S/C17H20FNO/c1-4-20-17-10-13(3)6-8-16(17)19-11-14-9-12(2)5-7-15(14)18/h5-10,19H,4,11H2,1-3H3. The summed E-state index contributed by atoms with van der Waals surface area (Å²) < 4.78 is 19.3. The lowest BCUT2D eigenvalue weighted by molar-refractivity contribution is 0.341. The fourth-order valence-corrected chi connectivity index (χ4v) is 2.08. The average Bonchev–Trinajstić information content (AvgIpc) is 2.42. The zero-order valence-corrected chi connectivity index (χ0v) is 12.2. The summed E-state index contributed by atoms with van der Waals surface area (Å²) in [6, 6.07) is 11.1. The van der Waals surface area contributed by atoms with Crippen LogP contribution in [0.2, 0.25) is 0 Å². The molecule has 106 valence electrons. The molecule has 0 bridgehead atoms. The zero-order chi connectivity index (χ0) is 14.5. The molecule has 0 unspecified atom stereocenters. The minimum atomic E-state index is -0.187. The highest BCUT2D eigenvalue weighted by atomic mass is 19.1. The summed E-state index contributed by atoms with van der Waals surface area (Å²) in [5.41, 5.74) is 3.74. The van der Waals surface area contributed by atoms with Crippen LogP contribution in [0.25, 0.3) is 0 Å². The second kappa shape index (κ2) is 6.42. The van der Waals surface area contributed by atoms with Gasteiger partial charge < -0.3 is 10.1 Å². The highest BCUT2D eigenvalue weighted by molar-refractivity contribution is 5.58. The molecule has 3 heteroatoms. The van der Waals surface area contributed by atoms with Gasteiger partial charge in [-0.1, -0.05) is 23.8 Å². The van der Waals surface area contributed by atoms with E-state index in [1.165, 1.54) is 6.07 Å². The van der Waals surface area contributed by atoms with Gasteiger partial charge in [-0.25, -0.2) is 4.39 Å². The monoisotopic (exact) mass is 273 g/mol. The van der Waals surface area contributed by atoms with E-state index < -0.39 is 0 Å². The lowest BCUT2D eigenvalue weighted by Crippen LogP contribution is -2.04. The Kier molecular flexibility index (Phi) is 4.61. The fourth-order valence-electron chi connectivity index (χ4n) is 2.08. The van der Waals surface area contributed by atoms with Gasteiger partial charge in [-0.05, 0) is 44.5 Å². The van der Waals surface area contributed by atoms with Crippen molar-refractivity contribution in [2.24, 2.45) is 0 Å². The van der Waals surface area contributed by atoms with Gasteiger partial charge >= 0.3 is 0 Å². The summed E-state index contributed by atoms with van der Waals surface area (Å²) in [5, 5.41) is 3.24. The van der Waals surface area contributed by atoms with Crippen LogP contribution in [-0.4, -0.2) is 6.61 Å². The van der Waals surface area contributed by atoms with Crippen molar-refractivity contribution in [2.45, 2.75) is 27.3 Å². The third-order valence-electron chi connectivity index (χ3n) is 3.11. The first-order valence-electron chi connectivity index (χ1n) is 6.82. The highest BCUT2D eigenvalue weighted by Crippen LogP contribution is 2.26. The van der Waals surface area contributed by atoms with Crippen molar-refractivity contribution in [3.05, 3.63) is 58.9 Å². The van der Waals surface area contributed by atoms with E-state index in [1.807, 2.05) is 45.0 Å². The molecule has 2 nitrogen and oxygen atoms in total. The molecule has 1 N–H and O–H groups in total. The van der Waals surface area contributed by atoms with Crippen LogP contribution in [0.4, 0.5) is 10.1 Å². The summed E-state index contributed by atoms with van der Waals surface area (Å²) >= 11 is 0. The number of halogens is 1. The first-order valence-corrected chi connectivity index (χ1v) is 6.82. The Hall–Kier alpha value is -2.03. The molecule has 0 radical (unpaired) electrons. The summed E-state index contributed by atoms with van der Waals surface area (Å²) in [4.78, 5) is 0. The number of ether oxygens (including phenoxy) is 1. The second-order valence-electron chi connectivity index (χ2n) is 4.88. The van der Waals surface area contributed by atoms with Crippen LogP contribution in [0, 0.1) is 19.7 Å². The van der Waals surface area contributed by atoms with Crippen molar-refractivity contribution in [3.8, 4) is 5.75 Å². The van der Waals surface area contributed by atoms with Gasteiger partial charge in [0.15, 0.2) is 0 Å². The smallest absolute Gasteiger partial charge is 0.142 e. The van der Waals surface area contributed by atoms with Crippen molar-refractivity contribution in [3.63, 3.8) is 0 Å². The molecule has 2 rings (SSSR count). The summed E-state index contributed by atoms with van der Waals surface area (Å²) in [7, 11) is 0. The van der Waals surface area contributed by atoms with Crippen LogP contribution in [0.15, 0.2) is 36.4 Å². The Morgan fingerprint density at radius 2 is 1.75 bits per heavy atom. The van der Waals surface area contributed by atoms with Gasteiger partial charge in [0.25, 0.3) is 0 Å². The fraction of sp³-hybridized carbons (Fsp3) is 0.294. The molecule has 0 atom stereocenters. The van der Waals surface area contributed by atoms with Gasteiger partial charge in [0, 0.05) is 12.1 Å². The Labute approximate surface area is 119 Å². The molecule has 0 aromatic heterocycles. The van der Waals surface area contributed by atoms with E-state index in [1.54, 1.807) is 6.07 Å². The highest BCUT2D eigenvalue weighted by Gasteiger charge is 2.06. The predicted molar refractivity (Wildman–Crippen MR) is 80.8 cm³/mol. The number of hydrogen-bond acceptors (Lipinski definition) is 2. The van der Waals surface area contributed by atoms with Crippen molar-refractivity contribution in [2.75, 3.05) is 11.9 Å². The third kappa shape index (κ3) is 3.50. The molecular formula is C17H20FNO. The first-order chi connectivity index (χ1) is 9.60. The molecule has 2 aromatic rings. The van der Waals surface area contributed by atoms with Gasteiger partial charge in [-0.2, -0.15) is 0 Å². The van der Waals surface area contributed by atoms with Crippen LogP contribution in [0.3, 0.4) is 0 Å².